The van der Waals surface area contributed by atoms with Gasteiger partial charge in [-0.3, -0.25) is 0 Å². The van der Waals surface area contributed by atoms with E-state index >= 15 is 0 Å². The lowest BCUT2D eigenvalue weighted by Gasteiger charge is -1.99. The van der Waals surface area contributed by atoms with Gasteiger partial charge in [0.05, 0.1) is 0 Å². The van der Waals surface area contributed by atoms with E-state index in [1.54, 1.807) is 0 Å². The van der Waals surface area contributed by atoms with Crippen LogP contribution in [-0.4, -0.2) is 0 Å². The first-order valence-corrected chi connectivity index (χ1v) is 3.39. The Labute approximate surface area is 56.6 Å². The zero-order chi connectivity index (χ0) is 6.53. The first-order valence-electron chi connectivity index (χ1n) is 3.39. The molecule has 0 aromatic rings. The molecular weight excluding hydrogens is 108 g/mol. The van der Waals surface area contributed by atoms with Crippen LogP contribution in [-0.2, 0) is 0 Å². The van der Waals surface area contributed by atoms with Crippen molar-refractivity contribution in [3.63, 3.8) is 0 Å². The summed E-state index contributed by atoms with van der Waals surface area (Å²) < 4.78 is 0. The normalized spacial score (nSPS) is 16.9. The highest BCUT2D eigenvalue weighted by Crippen LogP contribution is 2.14. The van der Waals surface area contributed by atoms with E-state index in [0.717, 1.165) is 6.42 Å². The molecule has 0 spiro atoms. The predicted octanol–water partition coefficient (Wildman–Crippen LogP) is 2.69. The Morgan fingerprint density at radius 3 is 2.56 bits per heavy atom. The van der Waals surface area contributed by atoms with Gasteiger partial charge in [-0.15, -0.1) is 6.58 Å². The Bertz CT molecular complexity index is 128. The van der Waals surface area contributed by atoms with Crippen molar-refractivity contribution in [1.82, 2.24) is 0 Å². The molecule has 9 heavy (non-hydrogen) atoms. The molecule has 0 bridgehead atoms. The van der Waals surface area contributed by atoms with Gasteiger partial charge in [0.2, 0.25) is 0 Å². The zero-order valence-corrected chi connectivity index (χ0v) is 5.59. The fourth-order valence-electron chi connectivity index (χ4n) is 0.981. The predicted molar refractivity (Wildman–Crippen MR) is 41.2 cm³/mol. The van der Waals surface area contributed by atoms with Gasteiger partial charge < -0.3 is 0 Å². The number of allylic oxidation sites excluding steroid dienone is 5. The van der Waals surface area contributed by atoms with Gasteiger partial charge in [0.25, 0.3) is 0 Å². The largest absolute Gasteiger partial charge is 0.103 e. The van der Waals surface area contributed by atoms with Crippen LogP contribution >= 0.6 is 0 Å². The molecule has 0 atom stereocenters. The lowest BCUT2D eigenvalue weighted by Crippen LogP contribution is -1.85. The summed E-state index contributed by atoms with van der Waals surface area (Å²) >= 11 is 0. The second-order valence-corrected chi connectivity index (χ2v) is 2.30. The summed E-state index contributed by atoms with van der Waals surface area (Å²) in [7, 11) is 0. The van der Waals surface area contributed by atoms with Crippen LogP contribution in [0.3, 0.4) is 0 Å². The summed E-state index contributed by atoms with van der Waals surface area (Å²) in [4.78, 5) is 0. The van der Waals surface area contributed by atoms with E-state index < -0.39 is 0 Å². The molecule has 0 aliphatic heterocycles. The van der Waals surface area contributed by atoms with Gasteiger partial charge >= 0.3 is 0 Å². The van der Waals surface area contributed by atoms with Crippen LogP contribution in [0.5, 0.6) is 0 Å². The monoisotopic (exact) mass is 120 g/mol. The van der Waals surface area contributed by atoms with Gasteiger partial charge in [-0.2, -0.15) is 0 Å². The van der Waals surface area contributed by atoms with Crippen molar-refractivity contribution >= 4 is 0 Å². The van der Waals surface area contributed by atoms with Crippen molar-refractivity contribution in [2.75, 3.05) is 0 Å². The van der Waals surface area contributed by atoms with Crippen LogP contribution < -0.4 is 0 Å². The Morgan fingerprint density at radius 1 is 1.33 bits per heavy atom. The summed E-state index contributed by atoms with van der Waals surface area (Å²) in [6.07, 6.45) is 13.0. The number of hydrogen-bond acceptors (Lipinski definition) is 0. The highest BCUT2D eigenvalue weighted by Gasteiger charge is 1.99. The maximum absolute atomic E-state index is 3.67. The van der Waals surface area contributed by atoms with Crippen molar-refractivity contribution in [3.8, 4) is 0 Å². The lowest BCUT2D eigenvalue weighted by atomic mass is 10.1. The molecular formula is C9H12. The van der Waals surface area contributed by atoms with E-state index in [2.05, 4.69) is 30.9 Å². The van der Waals surface area contributed by atoms with Crippen molar-refractivity contribution in [3.05, 3.63) is 37.0 Å². The van der Waals surface area contributed by atoms with Crippen molar-refractivity contribution < 1.29 is 0 Å². The topological polar surface area (TPSA) is 0 Å². The van der Waals surface area contributed by atoms with Crippen LogP contribution in [0, 0.1) is 5.92 Å². The van der Waals surface area contributed by atoms with Gasteiger partial charge in [-0.1, -0.05) is 30.4 Å². The summed E-state index contributed by atoms with van der Waals surface area (Å²) in [5.74, 6) is 0.683. The maximum atomic E-state index is 3.67. The molecule has 0 nitrogen and oxygen atoms in total. The van der Waals surface area contributed by atoms with E-state index in [0.29, 0.717) is 5.92 Å². The van der Waals surface area contributed by atoms with Gasteiger partial charge in [0.15, 0.2) is 0 Å². The number of hydrogen-bond donors (Lipinski definition) is 0. The molecule has 0 heterocycles. The molecule has 0 saturated heterocycles. The van der Waals surface area contributed by atoms with Gasteiger partial charge in [-0.25, -0.2) is 0 Å². The van der Waals surface area contributed by atoms with E-state index in [1.807, 2.05) is 6.08 Å². The summed E-state index contributed by atoms with van der Waals surface area (Å²) in [6, 6.07) is 0. The summed E-state index contributed by atoms with van der Waals surface area (Å²) in [6.45, 7) is 3.67. The Hall–Kier alpha value is -0.780. The van der Waals surface area contributed by atoms with Crippen LogP contribution in [0.2, 0.25) is 0 Å². The van der Waals surface area contributed by atoms with Crippen LogP contribution in [0.1, 0.15) is 12.8 Å². The number of rotatable bonds is 3. The molecule has 0 unspecified atom stereocenters. The zero-order valence-electron chi connectivity index (χ0n) is 5.59. The van der Waals surface area contributed by atoms with E-state index in [-0.39, 0.29) is 0 Å². The van der Waals surface area contributed by atoms with Crippen LogP contribution in [0.15, 0.2) is 37.0 Å². The third kappa shape index (κ3) is 1.88. The van der Waals surface area contributed by atoms with Crippen molar-refractivity contribution in [2.45, 2.75) is 12.8 Å². The molecule has 0 saturated carbocycles. The molecule has 48 valence electrons. The second-order valence-electron chi connectivity index (χ2n) is 2.30. The quantitative estimate of drug-likeness (QED) is 0.502. The van der Waals surface area contributed by atoms with Crippen molar-refractivity contribution in [2.24, 2.45) is 5.92 Å². The lowest BCUT2D eigenvalue weighted by molar-refractivity contribution is 0.730. The molecule has 0 radical (unpaired) electrons. The highest BCUT2D eigenvalue weighted by atomic mass is 14.0. The molecule has 0 aromatic heterocycles. The Morgan fingerprint density at radius 2 is 2.00 bits per heavy atom. The fraction of sp³-hybridized carbons (Fsp3) is 0.333. The minimum absolute atomic E-state index is 0.683. The third-order valence-corrected chi connectivity index (χ3v) is 1.53. The van der Waals surface area contributed by atoms with Crippen molar-refractivity contribution in [1.29, 1.82) is 0 Å². The summed E-state index contributed by atoms with van der Waals surface area (Å²) in [5, 5.41) is 0. The molecule has 0 amide bonds. The maximum Gasteiger partial charge on any atom is -0.00443 e. The van der Waals surface area contributed by atoms with Crippen LogP contribution in [0.25, 0.3) is 0 Å². The average molecular weight is 120 g/mol. The molecule has 0 N–H and O–H groups in total. The molecule has 0 fully saturated rings. The SMILES string of the molecule is C=CCCC1C=CC=C1. The van der Waals surface area contributed by atoms with Gasteiger partial charge in [0, 0.05) is 0 Å². The minimum atomic E-state index is 0.683. The third-order valence-electron chi connectivity index (χ3n) is 1.53. The Balaban J connectivity index is 2.20. The first kappa shape index (κ1) is 6.34. The standard InChI is InChI=1S/C9H12/c1-2-3-6-9-7-4-5-8-9/h2,4-5,7-9H,1,3,6H2. The van der Waals surface area contributed by atoms with E-state index in [4.69, 9.17) is 0 Å². The molecule has 1 rings (SSSR count). The van der Waals surface area contributed by atoms with E-state index in [9.17, 15) is 0 Å². The second kappa shape index (κ2) is 3.29. The smallest absolute Gasteiger partial charge is 0.00443 e. The van der Waals surface area contributed by atoms with Gasteiger partial charge in [-0.05, 0) is 18.8 Å². The molecule has 1 aliphatic carbocycles. The molecule has 0 heteroatoms. The minimum Gasteiger partial charge on any atom is -0.103 e. The highest BCUT2D eigenvalue weighted by molar-refractivity contribution is 5.17. The molecule has 1 aliphatic rings. The average Bonchev–Trinajstić information content (AvgIpc) is 2.34. The molecule has 0 aromatic carbocycles. The summed E-state index contributed by atoms with van der Waals surface area (Å²) in [5.41, 5.74) is 0. The first-order chi connectivity index (χ1) is 4.43. The van der Waals surface area contributed by atoms with E-state index in [1.165, 1.54) is 6.42 Å². The van der Waals surface area contributed by atoms with Crippen LogP contribution in [0.4, 0.5) is 0 Å². The van der Waals surface area contributed by atoms with Gasteiger partial charge in [0.1, 0.15) is 0 Å². The fourth-order valence-corrected chi connectivity index (χ4v) is 0.981. The Kier molecular flexibility index (Phi) is 2.32.